The van der Waals surface area contributed by atoms with Crippen molar-refractivity contribution < 1.29 is 8.76 Å². The summed E-state index contributed by atoms with van der Waals surface area (Å²) in [6.45, 7) is 2.72. The first-order valence-electron chi connectivity index (χ1n) is 5.25. The van der Waals surface area contributed by atoms with E-state index in [4.69, 9.17) is 10.3 Å². The Balaban J connectivity index is 2.22. The number of nitrogens with two attached hydrogens (primary N) is 1. The fraction of sp³-hybridized carbons (Fsp3) is 1.00. The van der Waals surface area contributed by atoms with Crippen LogP contribution >= 0.6 is 0 Å². The summed E-state index contributed by atoms with van der Waals surface area (Å²) in [6.07, 6.45) is 4.47. The van der Waals surface area contributed by atoms with Gasteiger partial charge in [-0.3, -0.25) is 4.90 Å². The Hall–Kier alpha value is 0.0300. The number of hydrogen-bond acceptors (Lipinski definition) is 3. The minimum Gasteiger partial charge on any atom is -0.329 e. The van der Waals surface area contributed by atoms with Crippen LogP contribution in [-0.4, -0.2) is 45.1 Å². The zero-order valence-electron chi connectivity index (χ0n) is 8.52. The Morgan fingerprint density at radius 1 is 1.50 bits per heavy atom. The van der Waals surface area contributed by atoms with E-state index in [1.54, 1.807) is 0 Å². The molecule has 0 spiro atoms. The van der Waals surface area contributed by atoms with Crippen LogP contribution in [0.5, 0.6) is 0 Å². The second-order valence-corrected chi connectivity index (χ2v) is 4.85. The largest absolute Gasteiger partial charge is 0.329 e. The van der Waals surface area contributed by atoms with Crippen LogP contribution in [0.4, 0.5) is 0 Å². The van der Waals surface area contributed by atoms with Crippen molar-refractivity contribution in [2.24, 2.45) is 5.73 Å². The van der Waals surface area contributed by atoms with Gasteiger partial charge in [-0.25, -0.2) is 4.21 Å². The maximum Gasteiger partial charge on any atom is 0.152 e. The summed E-state index contributed by atoms with van der Waals surface area (Å²) in [5.41, 5.74) is 5.67. The lowest BCUT2D eigenvalue weighted by Crippen LogP contribution is -2.44. The van der Waals surface area contributed by atoms with E-state index in [1.165, 1.54) is 19.3 Å². The quantitative estimate of drug-likeness (QED) is 0.659. The third-order valence-corrected chi connectivity index (χ3v) is 3.42. The van der Waals surface area contributed by atoms with Gasteiger partial charge in [0.2, 0.25) is 0 Å². The van der Waals surface area contributed by atoms with E-state index >= 15 is 0 Å². The second kappa shape index (κ2) is 6.50. The Kier molecular flexibility index (Phi) is 5.62. The molecule has 0 saturated carbocycles. The summed E-state index contributed by atoms with van der Waals surface area (Å²) >= 11 is -1.64. The van der Waals surface area contributed by atoms with Crippen molar-refractivity contribution in [3.8, 4) is 0 Å². The molecule has 0 radical (unpaired) electrons. The Morgan fingerprint density at radius 3 is 2.93 bits per heavy atom. The van der Waals surface area contributed by atoms with Gasteiger partial charge in [0, 0.05) is 12.6 Å². The number of piperidine rings is 1. The molecule has 1 fully saturated rings. The molecule has 2 unspecified atom stereocenters. The molecule has 14 heavy (non-hydrogen) atoms. The van der Waals surface area contributed by atoms with Gasteiger partial charge in [-0.1, -0.05) is 6.42 Å². The highest BCUT2D eigenvalue weighted by molar-refractivity contribution is 7.79. The van der Waals surface area contributed by atoms with Crippen LogP contribution in [0.25, 0.3) is 0 Å². The van der Waals surface area contributed by atoms with E-state index in [2.05, 4.69) is 4.90 Å². The molecule has 1 aliphatic heterocycles. The lowest BCUT2D eigenvalue weighted by atomic mass is 10.0. The third-order valence-electron chi connectivity index (χ3n) is 2.79. The molecule has 1 saturated heterocycles. The van der Waals surface area contributed by atoms with Crippen molar-refractivity contribution in [3.63, 3.8) is 0 Å². The van der Waals surface area contributed by atoms with Crippen molar-refractivity contribution >= 4 is 11.1 Å². The van der Waals surface area contributed by atoms with Crippen molar-refractivity contribution in [3.05, 3.63) is 0 Å². The molecule has 2 atom stereocenters. The molecule has 0 aliphatic carbocycles. The first-order valence-corrected chi connectivity index (χ1v) is 6.53. The van der Waals surface area contributed by atoms with Gasteiger partial charge in [0.1, 0.15) is 0 Å². The molecule has 5 heteroatoms. The summed E-state index contributed by atoms with van der Waals surface area (Å²) in [5.74, 6) is 0.383. The highest BCUT2D eigenvalue weighted by atomic mass is 32.2. The number of nitrogens with zero attached hydrogens (tertiary/aromatic N) is 1. The van der Waals surface area contributed by atoms with Gasteiger partial charge in [0.05, 0.1) is 5.75 Å². The van der Waals surface area contributed by atoms with Crippen molar-refractivity contribution in [2.75, 3.05) is 25.4 Å². The molecule has 84 valence electrons. The minimum absolute atomic E-state index is 0.383. The van der Waals surface area contributed by atoms with Gasteiger partial charge < -0.3 is 10.3 Å². The average Bonchev–Trinajstić information content (AvgIpc) is 2.18. The van der Waals surface area contributed by atoms with Crippen molar-refractivity contribution in [2.45, 2.75) is 31.7 Å². The van der Waals surface area contributed by atoms with Gasteiger partial charge in [-0.05, 0) is 32.4 Å². The van der Waals surface area contributed by atoms with Crippen LogP contribution in [0.15, 0.2) is 0 Å². The van der Waals surface area contributed by atoms with Crippen LogP contribution in [0.1, 0.15) is 25.7 Å². The summed E-state index contributed by atoms with van der Waals surface area (Å²) < 4.78 is 19.1. The van der Waals surface area contributed by atoms with E-state index in [-0.39, 0.29) is 0 Å². The number of likely N-dealkylation sites (tertiary alicyclic amines) is 1. The van der Waals surface area contributed by atoms with Crippen LogP contribution in [-0.2, 0) is 11.1 Å². The van der Waals surface area contributed by atoms with Crippen molar-refractivity contribution in [1.29, 1.82) is 0 Å². The smallest absolute Gasteiger partial charge is 0.152 e. The third kappa shape index (κ3) is 4.04. The fourth-order valence-electron chi connectivity index (χ4n) is 2.01. The number of hydrogen-bond donors (Lipinski definition) is 2. The second-order valence-electron chi connectivity index (χ2n) is 3.80. The zero-order chi connectivity index (χ0) is 10.4. The van der Waals surface area contributed by atoms with Gasteiger partial charge in [-0.15, -0.1) is 0 Å². The van der Waals surface area contributed by atoms with E-state index in [0.717, 1.165) is 19.5 Å². The summed E-state index contributed by atoms with van der Waals surface area (Å²) in [7, 11) is 0. The highest BCUT2D eigenvalue weighted by Crippen LogP contribution is 2.15. The molecule has 0 aromatic heterocycles. The molecular weight excluding hydrogens is 200 g/mol. The topological polar surface area (TPSA) is 66.6 Å². The van der Waals surface area contributed by atoms with Gasteiger partial charge in [-0.2, -0.15) is 0 Å². The predicted molar refractivity (Wildman–Crippen MR) is 58.5 cm³/mol. The molecule has 1 rings (SSSR count). The first-order chi connectivity index (χ1) is 6.74. The molecule has 0 amide bonds. The lowest BCUT2D eigenvalue weighted by Gasteiger charge is -2.34. The highest BCUT2D eigenvalue weighted by Gasteiger charge is 2.20. The summed E-state index contributed by atoms with van der Waals surface area (Å²) in [4.78, 5) is 2.36. The zero-order valence-corrected chi connectivity index (χ0v) is 9.34. The van der Waals surface area contributed by atoms with E-state index in [9.17, 15) is 4.21 Å². The minimum atomic E-state index is -1.64. The molecule has 0 bridgehead atoms. The Bertz CT molecular complexity index is 190. The first kappa shape index (κ1) is 12.1. The molecular formula is C9H20N2O2S. The maximum absolute atomic E-state index is 10.5. The fourth-order valence-corrected chi connectivity index (χ4v) is 2.39. The van der Waals surface area contributed by atoms with Crippen LogP contribution in [0, 0.1) is 0 Å². The van der Waals surface area contributed by atoms with E-state index < -0.39 is 11.1 Å². The lowest BCUT2D eigenvalue weighted by molar-refractivity contribution is 0.153. The van der Waals surface area contributed by atoms with Gasteiger partial charge in [0.15, 0.2) is 11.1 Å². The Labute approximate surface area is 88.1 Å². The SMILES string of the molecule is NCC1CCCCN1CCCS(=O)O. The standard InChI is InChI=1S/C9H20N2O2S/c10-8-9-4-1-2-5-11(9)6-3-7-14(12)13/h9H,1-8,10H2,(H,12,13). The van der Waals surface area contributed by atoms with Crippen LogP contribution in [0.3, 0.4) is 0 Å². The monoisotopic (exact) mass is 220 g/mol. The van der Waals surface area contributed by atoms with E-state index in [1.807, 2.05) is 0 Å². The molecule has 1 heterocycles. The normalized spacial score (nSPS) is 26.3. The Morgan fingerprint density at radius 2 is 2.29 bits per heavy atom. The molecule has 0 aromatic rings. The van der Waals surface area contributed by atoms with Crippen LogP contribution < -0.4 is 5.73 Å². The predicted octanol–water partition coefficient (Wildman–Crippen LogP) is 0.411. The molecule has 0 aromatic carbocycles. The van der Waals surface area contributed by atoms with Crippen LogP contribution in [0.2, 0.25) is 0 Å². The summed E-state index contributed by atoms with van der Waals surface area (Å²) in [6, 6.07) is 0.496. The summed E-state index contributed by atoms with van der Waals surface area (Å²) in [5, 5.41) is 0. The van der Waals surface area contributed by atoms with Gasteiger partial charge in [0.25, 0.3) is 0 Å². The van der Waals surface area contributed by atoms with Gasteiger partial charge >= 0.3 is 0 Å². The number of rotatable bonds is 5. The molecule has 4 nitrogen and oxygen atoms in total. The molecule has 1 aliphatic rings. The average molecular weight is 220 g/mol. The maximum atomic E-state index is 10.5. The van der Waals surface area contributed by atoms with Crippen molar-refractivity contribution in [1.82, 2.24) is 4.90 Å². The van der Waals surface area contributed by atoms with E-state index in [0.29, 0.717) is 18.3 Å². The molecule has 3 N–H and O–H groups in total.